The first-order valence-corrected chi connectivity index (χ1v) is 10.5. The van der Waals surface area contributed by atoms with Crippen LogP contribution in [0, 0.1) is 5.92 Å². The Balaban J connectivity index is 1.55. The molecule has 1 aromatic carbocycles. The number of anilines is 1. The Morgan fingerprint density at radius 3 is 2.55 bits per heavy atom. The van der Waals surface area contributed by atoms with Crippen LogP contribution in [-0.2, 0) is 19.1 Å². The molecule has 0 saturated carbocycles. The van der Waals surface area contributed by atoms with E-state index in [1.165, 1.54) is 7.11 Å². The number of carbonyl (C=O) groups is 3. The molecule has 0 aliphatic carbocycles. The van der Waals surface area contributed by atoms with Gasteiger partial charge in [0.25, 0.3) is 0 Å². The van der Waals surface area contributed by atoms with Gasteiger partial charge in [0.15, 0.2) is 0 Å². The minimum absolute atomic E-state index is 0.0196. The predicted molar refractivity (Wildman–Crippen MR) is 111 cm³/mol. The molecule has 0 bridgehead atoms. The highest BCUT2D eigenvalue weighted by Crippen LogP contribution is 2.27. The van der Waals surface area contributed by atoms with Crippen LogP contribution < -0.4 is 5.32 Å². The van der Waals surface area contributed by atoms with E-state index in [9.17, 15) is 14.4 Å². The summed E-state index contributed by atoms with van der Waals surface area (Å²) in [6, 6.07) is 4.51. The third-order valence-corrected chi connectivity index (χ3v) is 6.14. The third-order valence-electron chi connectivity index (χ3n) is 5.57. The van der Waals surface area contributed by atoms with Crippen molar-refractivity contribution in [2.24, 2.45) is 5.92 Å². The lowest BCUT2D eigenvalue weighted by Gasteiger charge is -2.32. The Labute approximate surface area is 180 Å². The van der Waals surface area contributed by atoms with Gasteiger partial charge in [0.1, 0.15) is 0 Å². The molecular formula is C20H25Cl2N3O4. The molecule has 2 amide bonds. The lowest BCUT2D eigenvalue weighted by molar-refractivity contribution is -0.149. The lowest BCUT2D eigenvalue weighted by Crippen LogP contribution is -2.48. The molecule has 2 aliphatic heterocycles. The summed E-state index contributed by atoms with van der Waals surface area (Å²) in [5.41, 5.74) is 0.465. The Kier molecular flexibility index (Phi) is 7.38. The van der Waals surface area contributed by atoms with E-state index in [0.717, 1.165) is 6.42 Å². The van der Waals surface area contributed by atoms with Crippen LogP contribution >= 0.6 is 23.2 Å². The summed E-state index contributed by atoms with van der Waals surface area (Å²) in [5, 5.41) is 3.73. The summed E-state index contributed by atoms with van der Waals surface area (Å²) in [5.74, 6) is -0.567. The van der Waals surface area contributed by atoms with Gasteiger partial charge < -0.3 is 15.0 Å². The molecule has 9 heteroatoms. The van der Waals surface area contributed by atoms with Crippen LogP contribution in [0.1, 0.15) is 25.7 Å². The molecule has 0 radical (unpaired) electrons. The highest BCUT2D eigenvalue weighted by atomic mass is 35.5. The Bertz CT molecular complexity index is 781. The van der Waals surface area contributed by atoms with Crippen molar-refractivity contribution in [3.8, 4) is 0 Å². The minimum Gasteiger partial charge on any atom is -0.469 e. The zero-order valence-electron chi connectivity index (χ0n) is 16.3. The van der Waals surface area contributed by atoms with E-state index < -0.39 is 0 Å². The molecule has 0 aromatic heterocycles. The van der Waals surface area contributed by atoms with Gasteiger partial charge in [0.05, 0.1) is 36.3 Å². The fourth-order valence-electron chi connectivity index (χ4n) is 3.93. The Morgan fingerprint density at radius 1 is 1.14 bits per heavy atom. The molecule has 29 heavy (non-hydrogen) atoms. The normalized spacial score (nSPS) is 20.5. The number of nitrogens with one attached hydrogen (secondary N) is 1. The zero-order chi connectivity index (χ0) is 21.0. The van der Waals surface area contributed by atoms with Crippen molar-refractivity contribution in [2.45, 2.75) is 31.7 Å². The fraction of sp³-hybridized carbons (Fsp3) is 0.550. The fourth-order valence-corrected chi connectivity index (χ4v) is 4.26. The van der Waals surface area contributed by atoms with Crippen molar-refractivity contribution >= 4 is 46.7 Å². The molecule has 1 atom stereocenters. The molecule has 7 nitrogen and oxygen atoms in total. The molecule has 0 spiro atoms. The molecule has 2 aliphatic rings. The van der Waals surface area contributed by atoms with Crippen molar-refractivity contribution in [1.82, 2.24) is 9.80 Å². The number of esters is 1. The van der Waals surface area contributed by atoms with E-state index in [1.54, 1.807) is 23.1 Å². The number of hydrogen-bond acceptors (Lipinski definition) is 5. The van der Waals surface area contributed by atoms with Crippen LogP contribution in [0.5, 0.6) is 0 Å². The SMILES string of the molecule is COC(=O)C1CCN(C(=O)CN2CCC[C@H]2C(=O)Nc2cc(Cl)ccc2Cl)CC1. The van der Waals surface area contributed by atoms with E-state index in [1.807, 2.05) is 4.90 Å². The van der Waals surface area contributed by atoms with E-state index in [0.29, 0.717) is 54.6 Å². The summed E-state index contributed by atoms with van der Waals surface area (Å²) in [7, 11) is 1.38. The van der Waals surface area contributed by atoms with Crippen molar-refractivity contribution in [3.63, 3.8) is 0 Å². The molecule has 1 N–H and O–H groups in total. The number of hydrogen-bond donors (Lipinski definition) is 1. The zero-order valence-corrected chi connectivity index (χ0v) is 17.8. The minimum atomic E-state index is -0.387. The first kappa shape index (κ1) is 21.9. The summed E-state index contributed by atoms with van der Waals surface area (Å²) >= 11 is 12.1. The average molecular weight is 442 g/mol. The van der Waals surface area contributed by atoms with Crippen molar-refractivity contribution < 1.29 is 19.1 Å². The Morgan fingerprint density at radius 2 is 1.86 bits per heavy atom. The second-order valence-electron chi connectivity index (χ2n) is 7.42. The Hall–Kier alpha value is -1.83. The number of amides is 2. The van der Waals surface area contributed by atoms with Gasteiger partial charge in [-0.1, -0.05) is 23.2 Å². The van der Waals surface area contributed by atoms with E-state index in [-0.39, 0.29) is 36.3 Å². The van der Waals surface area contributed by atoms with Crippen LogP contribution in [0.3, 0.4) is 0 Å². The number of piperidine rings is 1. The second-order valence-corrected chi connectivity index (χ2v) is 8.26. The maximum atomic E-state index is 12.8. The summed E-state index contributed by atoms with van der Waals surface area (Å²) in [4.78, 5) is 40.8. The van der Waals surface area contributed by atoms with Crippen LogP contribution in [0.4, 0.5) is 5.69 Å². The summed E-state index contributed by atoms with van der Waals surface area (Å²) in [6.07, 6.45) is 2.74. The highest BCUT2D eigenvalue weighted by Gasteiger charge is 2.34. The largest absolute Gasteiger partial charge is 0.469 e. The number of likely N-dealkylation sites (tertiary alicyclic amines) is 2. The maximum absolute atomic E-state index is 12.8. The van der Waals surface area contributed by atoms with Gasteiger partial charge in [-0.05, 0) is 50.4 Å². The van der Waals surface area contributed by atoms with Crippen molar-refractivity contribution in [2.75, 3.05) is 38.6 Å². The van der Waals surface area contributed by atoms with Crippen LogP contribution in [0.2, 0.25) is 10.0 Å². The highest BCUT2D eigenvalue weighted by molar-refractivity contribution is 6.35. The number of benzene rings is 1. The third kappa shape index (κ3) is 5.41. The van der Waals surface area contributed by atoms with E-state index in [2.05, 4.69) is 5.32 Å². The standard InChI is InChI=1S/C20H25Cl2N3O4/c1-29-20(28)13-6-9-24(10-7-13)18(26)12-25-8-2-3-17(25)19(27)23-16-11-14(21)4-5-15(16)22/h4-5,11,13,17H,2-3,6-10,12H2,1H3,(H,23,27)/t17-/m0/s1. The van der Waals surface area contributed by atoms with Gasteiger partial charge in [0, 0.05) is 18.1 Å². The molecule has 2 fully saturated rings. The topological polar surface area (TPSA) is 79.0 Å². The summed E-state index contributed by atoms with van der Waals surface area (Å²) < 4.78 is 4.79. The molecule has 1 aromatic rings. The van der Waals surface area contributed by atoms with Gasteiger partial charge in [-0.15, -0.1) is 0 Å². The van der Waals surface area contributed by atoms with Crippen LogP contribution in [0.15, 0.2) is 18.2 Å². The number of methoxy groups -OCH3 is 1. The number of carbonyl (C=O) groups excluding carboxylic acids is 3. The number of rotatable bonds is 5. The first-order valence-electron chi connectivity index (χ1n) is 9.74. The number of halogens is 2. The molecule has 2 heterocycles. The number of nitrogens with zero attached hydrogens (tertiary/aromatic N) is 2. The van der Waals surface area contributed by atoms with Gasteiger partial charge >= 0.3 is 5.97 Å². The molecule has 3 rings (SSSR count). The smallest absolute Gasteiger partial charge is 0.308 e. The summed E-state index contributed by atoms with van der Waals surface area (Å²) in [6.45, 7) is 1.93. The van der Waals surface area contributed by atoms with Crippen LogP contribution in [0.25, 0.3) is 0 Å². The molecular weight excluding hydrogens is 417 g/mol. The number of ether oxygens (including phenoxy) is 1. The maximum Gasteiger partial charge on any atom is 0.308 e. The van der Waals surface area contributed by atoms with Crippen LogP contribution in [-0.4, -0.2) is 66.9 Å². The van der Waals surface area contributed by atoms with Gasteiger partial charge in [0.2, 0.25) is 11.8 Å². The van der Waals surface area contributed by atoms with Gasteiger partial charge in [-0.25, -0.2) is 0 Å². The van der Waals surface area contributed by atoms with Crippen molar-refractivity contribution in [3.05, 3.63) is 28.2 Å². The van der Waals surface area contributed by atoms with E-state index >= 15 is 0 Å². The molecule has 2 saturated heterocycles. The van der Waals surface area contributed by atoms with Gasteiger partial charge in [-0.3, -0.25) is 19.3 Å². The average Bonchev–Trinajstić information content (AvgIpc) is 3.18. The lowest BCUT2D eigenvalue weighted by atomic mass is 9.97. The quantitative estimate of drug-likeness (QED) is 0.710. The second kappa shape index (κ2) is 9.78. The predicted octanol–water partition coefficient (Wildman–Crippen LogP) is 2.81. The molecule has 0 unspecified atom stereocenters. The molecule has 158 valence electrons. The van der Waals surface area contributed by atoms with Gasteiger partial charge in [-0.2, -0.15) is 0 Å². The van der Waals surface area contributed by atoms with Crippen molar-refractivity contribution in [1.29, 1.82) is 0 Å². The monoisotopic (exact) mass is 441 g/mol. The van der Waals surface area contributed by atoms with E-state index in [4.69, 9.17) is 27.9 Å². The first-order chi connectivity index (χ1) is 13.9.